The number of hydrogen-bond donors (Lipinski definition) is 2. The Bertz CT molecular complexity index is 624. The van der Waals surface area contributed by atoms with Crippen LogP contribution in [0.1, 0.15) is 35.9 Å². The molecule has 0 aliphatic heterocycles. The van der Waals surface area contributed by atoms with E-state index in [0.29, 0.717) is 48.3 Å². The van der Waals surface area contributed by atoms with E-state index in [9.17, 15) is 4.79 Å². The summed E-state index contributed by atoms with van der Waals surface area (Å²) in [5.74, 6) is 1.17. The van der Waals surface area contributed by atoms with Crippen LogP contribution in [-0.4, -0.2) is 22.7 Å². The Morgan fingerprint density at radius 2 is 2.24 bits per heavy atom. The number of nitrogens with two attached hydrogens (primary N) is 1. The molecule has 7 nitrogen and oxygen atoms in total. The number of anilines is 1. The highest BCUT2D eigenvalue weighted by Gasteiger charge is 2.11. The summed E-state index contributed by atoms with van der Waals surface area (Å²) in [6.07, 6.45) is 0.707. The number of aromatic nitrogens is 2. The molecule has 0 unspecified atom stereocenters. The SMILES string of the molecule is CCOc1ccc(NCc2nc(CC)no2)c(C(N)=O)c1. The summed E-state index contributed by atoms with van der Waals surface area (Å²) >= 11 is 0. The van der Waals surface area contributed by atoms with Crippen molar-refractivity contribution in [2.75, 3.05) is 11.9 Å². The molecule has 0 aliphatic carbocycles. The number of aryl methyl sites for hydroxylation is 1. The fourth-order valence-electron chi connectivity index (χ4n) is 1.81. The smallest absolute Gasteiger partial charge is 0.250 e. The van der Waals surface area contributed by atoms with Crippen molar-refractivity contribution in [3.8, 4) is 5.75 Å². The van der Waals surface area contributed by atoms with Crippen molar-refractivity contribution in [2.24, 2.45) is 5.73 Å². The van der Waals surface area contributed by atoms with Gasteiger partial charge in [-0.05, 0) is 25.1 Å². The number of carbonyl (C=O) groups excluding carboxylic acids is 1. The first-order valence-electron chi connectivity index (χ1n) is 6.76. The van der Waals surface area contributed by atoms with Gasteiger partial charge in [-0.1, -0.05) is 12.1 Å². The molecule has 7 heteroatoms. The third kappa shape index (κ3) is 3.71. The maximum Gasteiger partial charge on any atom is 0.250 e. The Labute approximate surface area is 122 Å². The van der Waals surface area contributed by atoms with Crippen LogP contribution in [0.2, 0.25) is 0 Å². The normalized spacial score (nSPS) is 10.4. The highest BCUT2D eigenvalue weighted by Crippen LogP contribution is 2.22. The van der Waals surface area contributed by atoms with E-state index in [1.165, 1.54) is 0 Å². The zero-order valence-corrected chi connectivity index (χ0v) is 12.0. The number of rotatable bonds is 7. The zero-order chi connectivity index (χ0) is 15.2. The van der Waals surface area contributed by atoms with Gasteiger partial charge < -0.3 is 20.3 Å². The summed E-state index contributed by atoms with van der Waals surface area (Å²) in [6.45, 7) is 4.66. The molecule has 1 heterocycles. The largest absolute Gasteiger partial charge is 0.494 e. The molecule has 0 spiro atoms. The Kier molecular flexibility index (Phi) is 4.76. The van der Waals surface area contributed by atoms with Gasteiger partial charge in [0.1, 0.15) is 5.75 Å². The average Bonchev–Trinajstić information content (AvgIpc) is 2.94. The van der Waals surface area contributed by atoms with Crippen molar-refractivity contribution in [1.29, 1.82) is 0 Å². The predicted octanol–water partition coefficient (Wildman–Crippen LogP) is 1.74. The minimum atomic E-state index is -0.529. The number of benzene rings is 1. The molecule has 1 aromatic carbocycles. The second-order valence-corrected chi connectivity index (χ2v) is 4.32. The molecular formula is C14H18N4O3. The molecule has 0 bridgehead atoms. The minimum Gasteiger partial charge on any atom is -0.494 e. The lowest BCUT2D eigenvalue weighted by Crippen LogP contribution is -2.15. The summed E-state index contributed by atoms with van der Waals surface area (Å²) in [5.41, 5.74) is 6.35. The quantitative estimate of drug-likeness (QED) is 0.805. The van der Waals surface area contributed by atoms with Gasteiger partial charge in [0.15, 0.2) is 5.82 Å². The summed E-state index contributed by atoms with van der Waals surface area (Å²) in [4.78, 5) is 15.7. The van der Waals surface area contributed by atoms with E-state index >= 15 is 0 Å². The molecule has 0 saturated carbocycles. The molecular weight excluding hydrogens is 272 g/mol. The highest BCUT2D eigenvalue weighted by molar-refractivity contribution is 5.98. The molecule has 2 rings (SSSR count). The van der Waals surface area contributed by atoms with Crippen LogP contribution >= 0.6 is 0 Å². The van der Waals surface area contributed by atoms with E-state index in [4.69, 9.17) is 15.0 Å². The third-order valence-electron chi connectivity index (χ3n) is 2.82. The minimum absolute atomic E-state index is 0.321. The van der Waals surface area contributed by atoms with Crippen molar-refractivity contribution >= 4 is 11.6 Å². The number of hydrogen-bond acceptors (Lipinski definition) is 6. The molecule has 0 atom stereocenters. The van der Waals surface area contributed by atoms with Crippen molar-refractivity contribution in [1.82, 2.24) is 10.1 Å². The summed E-state index contributed by atoms with van der Waals surface area (Å²) < 4.78 is 10.4. The molecule has 0 aliphatic rings. The lowest BCUT2D eigenvalue weighted by Gasteiger charge is -2.10. The van der Waals surface area contributed by atoms with Gasteiger partial charge in [0.05, 0.1) is 18.7 Å². The summed E-state index contributed by atoms with van der Waals surface area (Å²) in [7, 11) is 0. The maximum atomic E-state index is 11.5. The molecule has 1 amide bonds. The van der Waals surface area contributed by atoms with Gasteiger partial charge in [0.2, 0.25) is 5.89 Å². The maximum absolute atomic E-state index is 11.5. The number of nitrogens with one attached hydrogen (secondary N) is 1. The van der Waals surface area contributed by atoms with E-state index in [1.54, 1.807) is 18.2 Å². The first-order valence-corrected chi connectivity index (χ1v) is 6.76. The number of amides is 1. The standard InChI is InChI=1S/C14H18N4O3/c1-3-12-17-13(21-18-12)8-16-11-6-5-9(20-4-2)7-10(11)14(15)19/h5-7,16H,3-4,8H2,1-2H3,(H2,15,19). The van der Waals surface area contributed by atoms with E-state index in [0.717, 1.165) is 0 Å². The zero-order valence-electron chi connectivity index (χ0n) is 12.0. The van der Waals surface area contributed by atoms with Crippen LogP contribution in [0.3, 0.4) is 0 Å². The van der Waals surface area contributed by atoms with Crippen LogP contribution in [0.25, 0.3) is 0 Å². The molecule has 0 saturated heterocycles. The van der Waals surface area contributed by atoms with Crippen LogP contribution < -0.4 is 15.8 Å². The molecule has 0 fully saturated rings. The lowest BCUT2D eigenvalue weighted by atomic mass is 10.1. The van der Waals surface area contributed by atoms with Gasteiger partial charge in [0.25, 0.3) is 5.91 Å². The predicted molar refractivity (Wildman–Crippen MR) is 77.1 cm³/mol. The molecule has 3 N–H and O–H groups in total. The third-order valence-corrected chi connectivity index (χ3v) is 2.82. The van der Waals surface area contributed by atoms with Crippen molar-refractivity contribution in [2.45, 2.75) is 26.8 Å². The Hall–Kier alpha value is -2.57. The van der Waals surface area contributed by atoms with E-state index in [2.05, 4.69) is 15.5 Å². The highest BCUT2D eigenvalue weighted by atomic mass is 16.5. The van der Waals surface area contributed by atoms with Gasteiger partial charge in [-0.2, -0.15) is 4.98 Å². The Balaban J connectivity index is 2.13. The van der Waals surface area contributed by atoms with Crippen LogP contribution in [0, 0.1) is 0 Å². The number of primary amides is 1. The van der Waals surface area contributed by atoms with Crippen molar-refractivity contribution in [3.63, 3.8) is 0 Å². The van der Waals surface area contributed by atoms with Crippen LogP contribution in [0.4, 0.5) is 5.69 Å². The number of nitrogens with zero attached hydrogens (tertiary/aromatic N) is 2. The van der Waals surface area contributed by atoms with Gasteiger partial charge in [-0.15, -0.1) is 0 Å². The lowest BCUT2D eigenvalue weighted by molar-refractivity contribution is 0.100. The van der Waals surface area contributed by atoms with E-state index in [1.807, 2.05) is 13.8 Å². The average molecular weight is 290 g/mol. The topological polar surface area (TPSA) is 103 Å². The van der Waals surface area contributed by atoms with Gasteiger partial charge in [-0.3, -0.25) is 4.79 Å². The monoisotopic (exact) mass is 290 g/mol. The molecule has 1 aromatic heterocycles. The van der Waals surface area contributed by atoms with Gasteiger partial charge in [-0.25, -0.2) is 0 Å². The first-order chi connectivity index (χ1) is 10.1. The fourth-order valence-corrected chi connectivity index (χ4v) is 1.81. The molecule has 0 radical (unpaired) electrons. The number of ether oxygens (including phenoxy) is 1. The van der Waals surface area contributed by atoms with Crippen LogP contribution in [-0.2, 0) is 13.0 Å². The van der Waals surface area contributed by atoms with Gasteiger partial charge >= 0.3 is 0 Å². The fraction of sp³-hybridized carbons (Fsp3) is 0.357. The van der Waals surface area contributed by atoms with E-state index in [-0.39, 0.29) is 0 Å². The Morgan fingerprint density at radius 1 is 1.43 bits per heavy atom. The molecule has 21 heavy (non-hydrogen) atoms. The van der Waals surface area contributed by atoms with Crippen molar-refractivity contribution < 1.29 is 14.1 Å². The Morgan fingerprint density at radius 3 is 2.86 bits per heavy atom. The summed E-state index contributed by atoms with van der Waals surface area (Å²) in [6, 6.07) is 5.12. The van der Waals surface area contributed by atoms with Crippen LogP contribution in [0.5, 0.6) is 5.75 Å². The number of carbonyl (C=O) groups is 1. The van der Waals surface area contributed by atoms with Gasteiger partial charge in [0, 0.05) is 12.1 Å². The second-order valence-electron chi connectivity index (χ2n) is 4.32. The first kappa shape index (κ1) is 14.8. The second kappa shape index (κ2) is 6.74. The van der Waals surface area contributed by atoms with Crippen molar-refractivity contribution in [3.05, 3.63) is 35.5 Å². The molecule has 112 valence electrons. The van der Waals surface area contributed by atoms with E-state index < -0.39 is 5.91 Å². The molecule has 2 aromatic rings. The summed E-state index contributed by atoms with van der Waals surface area (Å²) in [5, 5.41) is 6.87. The van der Waals surface area contributed by atoms with Crippen LogP contribution in [0.15, 0.2) is 22.7 Å².